The Morgan fingerprint density at radius 3 is 2.28 bits per heavy atom. The molecule has 0 saturated heterocycles. The van der Waals surface area contributed by atoms with Gasteiger partial charge in [0.25, 0.3) is 15.9 Å². The van der Waals surface area contributed by atoms with Crippen molar-refractivity contribution in [3.63, 3.8) is 0 Å². The summed E-state index contributed by atoms with van der Waals surface area (Å²) >= 11 is 0. The molecule has 3 aromatic rings. The summed E-state index contributed by atoms with van der Waals surface area (Å²) in [4.78, 5) is 41.9. The maximum atomic E-state index is 14.0. The van der Waals surface area contributed by atoms with Crippen LogP contribution in [0.2, 0.25) is 0 Å². The number of fused-ring (bicyclic) bond motifs is 1. The zero-order valence-corrected chi connectivity index (χ0v) is 23.1. The summed E-state index contributed by atoms with van der Waals surface area (Å²) in [5, 5.41) is 2.98. The van der Waals surface area contributed by atoms with Crippen LogP contribution in [0, 0.1) is 6.92 Å². The van der Waals surface area contributed by atoms with Gasteiger partial charge in [-0.3, -0.25) is 14.4 Å². The van der Waals surface area contributed by atoms with Crippen LogP contribution >= 0.6 is 0 Å². The smallest absolute Gasteiger partial charge is 0.269 e. The molecule has 0 radical (unpaired) electrons. The minimum absolute atomic E-state index is 0.0332. The maximum Gasteiger partial charge on any atom is 0.269 e. The van der Waals surface area contributed by atoms with Crippen molar-refractivity contribution >= 4 is 27.7 Å². The van der Waals surface area contributed by atoms with Crippen molar-refractivity contribution in [3.05, 3.63) is 101 Å². The highest BCUT2D eigenvalue weighted by molar-refractivity contribution is 7.90. The number of sulfonamides is 1. The van der Waals surface area contributed by atoms with Crippen molar-refractivity contribution in [1.82, 2.24) is 14.5 Å². The third-order valence-electron chi connectivity index (χ3n) is 6.90. The van der Waals surface area contributed by atoms with Crippen LogP contribution in [0.5, 0.6) is 0 Å². The van der Waals surface area contributed by atoms with Gasteiger partial charge in [-0.05, 0) is 43.5 Å². The highest BCUT2D eigenvalue weighted by Gasteiger charge is 2.43. The third-order valence-corrected chi connectivity index (χ3v) is 8.69. The second-order valence-corrected chi connectivity index (χ2v) is 11.7. The first kappa shape index (κ1) is 28.0. The van der Waals surface area contributed by atoms with E-state index in [1.807, 2.05) is 75.4 Å². The van der Waals surface area contributed by atoms with Gasteiger partial charge in [0.2, 0.25) is 11.8 Å². The molecule has 0 bridgehead atoms. The largest absolute Gasteiger partial charge is 0.352 e. The summed E-state index contributed by atoms with van der Waals surface area (Å²) in [6.07, 6.45) is 0.927. The average molecular weight is 548 g/mol. The summed E-state index contributed by atoms with van der Waals surface area (Å²) in [5.41, 5.74) is 2.65. The molecule has 39 heavy (non-hydrogen) atoms. The second-order valence-electron chi connectivity index (χ2n) is 9.85. The van der Waals surface area contributed by atoms with Crippen LogP contribution < -0.4 is 5.32 Å². The first-order chi connectivity index (χ1) is 18.6. The predicted octanol–water partition coefficient (Wildman–Crippen LogP) is 3.69. The normalized spacial score (nSPS) is 15.4. The van der Waals surface area contributed by atoms with E-state index in [0.717, 1.165) is 16.7 Å². The Labute approximate surface area is 229 Å². The van der Waals surface area contributed by atoms with E-state index in [9.17, 15) is 22.8 Å². The van der Waals surface area contributed by atoms with E-state index in [1.165, 1.54) is 23.1 Å². The van der Waals surface area contributed by atoms with Gasteiger partial charge >= 0.3 is 0 Å². The lowest BCUT2D eigenvalue weighted by molar-refractivity contribution is -0.141. The van der Waals surface area contributed by atoms with Crippen molar-refractivity contribution in [2.24, 2.45) is 0 Å². The van der Waals surface area contributed by atoms with Crippen LogP contribution in [0.1, 0.15) is 47.3 Å². The lowest BCUT2D eigenvalue weighted by Crippen LogP contribution is -2.54. The topological polar surface area (TPSA) is 104 Å². The Morgan fingerprint density at radius 2 is 1.62 bits per heavy atom. The highest BCUT2D eigenvalue weighted by Crippen LogP contribution is 2.30. The molecule has 3 amide bonds. The second kappa shape index (κ2) is 11.8. The number of nitrogens with zero attached hydrogens (tertiary/aromatic N) is 2. The quantitative estimate of drug-likeness (QED) is 0.417. The molecule has 204 valence electrons. The molecular weight excluding hydrogens is 514 g/mol. The Balaban J connectivity index is 1.72. The summed E-state index contributed by atoms with van der Waals surface area (Å²) < 4.78 is 27.0. The van der Waals surface area contributed by atoms with Gasteiger partial charge in [-0.25, -0.2) is 12.7 Å². The van der Waals surface area contributed by atoms with E-state index >= 15 is 0 Å². The number of carbonyl (C=O) groups excluding carboxylic acids is 3. The van der Waals surface area contributed by atoms with Gasteiger partial charge in [0.05, 0.1) is 5.56 Å². The molecule has 1 heterocycles. The van der Waals surface area contributed by atoms with Crippen LogP contribution in [0.15, 0.2) is 83.8 Å². The van der Waals surface area contributed by atoms with Crippen molar-refractivity contribution in [2.75, 3.05) is 6.54 Å². The van der Waals surface area contributed by atoms with Crippen molar-refractivity contribution < 1.29 is 22.8 Å². The molecule has 0 saturated carbocycles. The summed E-state index contributed by atoms with van der Waals surface area (Å²) in [6.45, 7) is 5.13. The van der Waals surface area contributed by atoms with Crippen LogP contribution in [0.4, 0.5) is 0 Å². The molecule has 1 N–H and O–H groups in total. The fourth-order valence-corrected chi connectivity index (χ4v) is 6.12. The monoisotopic (exact) mass is 547 g/mol. The predicted molar refractivity (Wildman–Crippen MR) is 148 cm³/mol. The molecule has 3 aromatic carbocycles. The summed E-state index contributed by atoms with van der Waals surface area (Å²) in [7, 11) is -4.20. The SMILES string of the molecule is CC[C@@H](C)NC(=O)[C@H](Cc1ccccc1)N(Cc1cccc(C)c1)C(=O)CN1C(=O)c2ccccc2S1(=O)=O. The van der Waals surface area contributed by atoms with Crippen LogP contribution in [-0.4, -0.2) is 54.0 Å². The number of benzene rings is 3. The number of nitrogens with one attached hydrogen (secondary N) is 1. The van der Waals surface area contributed by atoms with E-state index in [4.69, 9.17) is 0 Å². The molecule has 1 aliphatic heterocycles. The van der Waals surface area contributed by atoms with Gasteiger partial charge in [0.15, 0.2) is 0 Å². The molecule has 1 aliphatic rings. The first-order valence-corrected chi connectivity index (χ1v) is 14.4. The van der Waals surface area contributed by atoms with E-state index in [0.29, 0.717) is 10.7 Å². The van der Waals surface area contributed by atoms with E-state index in [1.54, 1.807) is 6.07 Å². The van der Waals surface area contributed by atoms with E-state index < -0.39 is 34.4 Å². The first-order valence-electron chi connectivity index (χ1n) is 13.0. The Kier molecular flexibility index (Phi) is 8.50. The van der Waals surface area contributed by atoms with E-state index in [2.05, 4.69) is 5.32 Å². The number of amides is 3. The Hall–Kier alpha value is -3.98. The molecule has 0 spiro atoms. The molecule has 4 rings (SSSR count). The van der Waals surface area contributed by atoms with Gasteiger partial charge in [0, 0.05) is 19.0 Å². The number of aryl methyl sites for hydroxylation is 1. The fourth-order valence-electron chi connectivity index (χ4n) is 4.60. The van der Waals surface area contributed by atoms with Crippen molar-refractivity contribution in [3.8, 4) is 0 Å². The zero-order chi connectivity index (χ0) is 28.2. The van der Waals surface area contributed by atoms with Crippen molar-refractivity contribution in [1.29, 1.82) is 0 Å². The molecule has 0 aliphatic carbocycles. The molecular formula is C30H33N3O5S. The lowest BCUT2D eigenvalue weighted by Gasteiger charge is -2.33. The molecule has 0 fully saturated rings. The number of carbonyl (C=O) groups is 3. The third kappa shape index (κ3) is 6.20. The van der Waals surface area contributed by atoms with Gasteiger partial charge in [0.1, 0.15) is 17.5 Å². The number of hydrogen-bond donors (Lipinski definition) is 1. The molecule has 8 nitrogen and oxygen atoms in total. The van der Waals surface area contributed by atoms with Gasteiger partial charge in [-0.2, -0.15) is 0 Å². The van der Waals surface area contributed by atoms with Crippen LogP contribution in [0.25, 0.3) is 0 Å². The fraction of sp³-hybridized carbons (Fsp3) is 0.300. The van der Waals surface area contributed by atoms with Crippen LogP contribution in [0.3, 0.4) is 0 Å². The summed E-state index contributed by atoms with van der Waals surface area (Å²) in [6, 6.07) is 21.8. The van der Waals surface area contributed by atoms with E-state index in [-0.39, 0.29) is 35.4 Å². The zero-order valence-electron chi connectivity index (χ0n) is 22.3. The molecule has 2 atom stereocenters. The Bertz CT molecular complexity index is 1470. The molecule has 9 heteroatoms. The highest BCUT2D eigenvalue weighted by atomic mass is 32.2. The van der Waals surface area contributed by atoms with Crippen molar-refractivity contribution in [2.45, 2.75) is 57.1 Å². The molecule has 0 aromatic heterocycles. The minimum atomic E-state index is -4.20. The van der Waals surface area contributed by atoms with Gasteiger partial charge < -0.3 is 10.2 Å². The lowest BCUT2D eigenvalue weighted by atomic mass is 10.0. The average Bonchev–Trinajstić information content (AvgIpc) is 3.11. The number of rotatable bonds is 10. The number of hydrogen-bond acceptors (Lipinski definition) is 5. The Morgan fingerprint density at radius 1 is 0.949 bits per heavy atom. The minimum Gasteiger partial charge on any atom is -0.352 e. The van der Waals surface area contributed by atoms with Gasteiger partial charge in [-0.15, -0.1) is 0 Å². The van der Waals surface area contributed by atoms with Gasteiger partial charge in [-0.1, -0.05) is 79.2 Å². The molecule has 0 unspecified atom stereocenters. The summed E-state index contributed by atoms with van der Waals surface area (Å²) in [5.74, 6) is -1.73. The maximum absolute atomic E-state index is 14.0. The van der Waals surface area contributed by atoms with Crippen LogP contribution in [-0.2, 0) is 32.6 Å². The standard InChI is InChI=1S/C30H33N3O5S/c1-4-22(3)31-29(35)26(18-23-12-6-5-7-13-23)32(19-24-14-10-11-21(2)17-24)28(34)20-33-30(36)25-15-8-9-16-27(25)39(33,37)38/h5-17,22,26H,4,18-20H2,1-3H3,(H,31,35)/t22-,26+/m1/s1.